The zero-order chi connectivity index (χ0) is 15.8. The van der Waals surface area contributed by atoms with Crippen molar-refractivity contribution in [1.29, 1.82) is 5.26 Å². The van der Waals surface area contributed by atoms with Gasteiger partial charge in [0.1, 0.15) is 0 Å². The Morgan fingerprint density at radius 2 is 1.38 bits per heavy atom. The summed E-state index contributed by atoms with van der Waals surface area (Å²) in [5.74, 6) is 0. The monoisotopic (exact) mass is 471 g/mol. The average molecular weight is 474 g/mol. The third-order valence-electron chi connectivity index (χ3n) is 3.02. The highest BCUT2D eigenvalue weighted by Crippen LogP contribution is 2.17. The molecule has 2 aromatic rings. The van der Waals surface area contributed by atoms with Gasteiger partial charge in [-0.25, -0.2) is 0 Å². The largest absolute Gasteiger partial charge is 0.198 e. The fraction of sp³-hybridized carbons (Fsp3) is 0.235. The summed E-state index contributed by atoms with van der Waals surface area (Å²) in [5.41, 5.74) is 4.95. The lowest BCUT2D eigenvalue weighted by Crippen LogP contribution is -1.85. The molecular weight excluding hydrogens is 458 g/mol. The molecule has 110 valence electrons. The van der Waals surface area contributed by atoms with Crippen molar-refractivity contribution in [2.24, 2.45) is 0 Å². The Balaban J connectivity index is 0.000000211. The topological polar surface area (TPSA) is 23.8 Å². The van der Waals surface area contributed by atoms with Crippen molar-refractivity contribution in [1.82, 2.24) is 0 Å². The standard InChI is InChI=1S/C9H8BrN.C8H8Br2/c1-7-6-9(10)3-2-8(7)4-5-11;1-6-4-8(10)3-2-7(6)5-9/h2-3,6H,4H2,1H3;2-4H,5H2,1H3. The van der Waals surface area contributed by atoms with Crippen molar-refractivity contribution in [3.05, 3.63) is 67.6 Å². The van der Waals surface area contributed by atoms with Gasteiger partial charge >= 0.3 is 0 Å². The van der Waals surface area contributed by atoms with Crippen LogP contribution >= 0.6 is 47.8 Å². The molecule has 0 unspecified atom stereocenters. The van der Waals surface area contributed by atoms with Gasteiger partial charge in [0, 0.05) is 14.3 Å². The first kappa shape index (κ1) is 18.4. The lowest BCUT2D eigenvalue weighted by Gasteiger charge is -2.00. The summed E-state index contributed by atoms with van der Waals surface area (Å²) in [6, 6.07) is 14.4. The second-order valence-corrected chi connectivity index (χ2v) is 7.00. The summed E-state index contributed by atoms with van der Waals surface area (Å²) >= 11 is 10.2. The van der Waals surface area contributed by atoms with Crippen molar-refractivity contribution in [2.45, 2.75) is 25.6 Å². The van der Waals surface area contributed by atoms with E-state index in [9.17, 15) is 0 Å². The van der Waals surface area contributed by atoms with Gasteiger partial charge < -0.3 is 0 Å². The maximum atomic E-state index is 8.45. The molecule has 0 bridgehead atoms. The van der Waals surface area contributed by atoms with Gasteiger partial charge in [0.25, 0.3) is 0 Å². The first-order chi connectivity index (χ1) is 9.97. The fourth-order valence-electron chi connectivity index (χ4n) is 1.75. The highest BCUT2D eigenvalue weighted by molar-refractivity contribution is 9.10. The van der Waals surface area contributed by atoms with Gasteiger partial charge in [-0.2, -0.15) is 5.26 Å². The van der Waals surface area contributed by atoms with Crippen molar-refractivity contribution in [2.75, 3.05) is 0 Å². The van der Waals surface area contributed by atoms with E-state index in [1.807, 2.05) is 25.1 Å². The molecule has 4 heteroatoms. The van der Waals surface area contributed by atoms with Gasteiger partial charge in [-0.05, 0) is 60.4 Å². The summed E-state index contributed by atoms with van der Waals surface area (Å²) in [7, 11) is 0. The Hall–Kier alpha value is -0.630. The van der Waals surface area contributed by atoms with Gasteiger partial charge in [0.05, 0.1) is 12.5 Å². The van der Waals surface area contributed by atoms with Gasteiger partial charge in [-0.1, -0.05) is 59.9 Å². The molecule has 0 N–H and O–H groups in total. The molecule has 0 aliphatic rings. The Labute approximate surface area is 151 Å². The Kier molecular flexibility index (Phi) is 8.24. The van der Waals surface area contributed by atoms with E-state index in [4.69, 9.17) is 5.26 Å². The molecule has 0 saturated carbocycles. The minimum absolute atomic E-state index is 0.499. The minimum Gasteiger partial charge on any atom is -0.198 e. The lowest BCUT2D eigenvalue weighted by atomic mass is 10.1. The Bertz CT molecular complexity index is 645. The van der Waals surface area contributed by atoms with E-state index in [0.29, 0.717) is 6.42 Å². The van der Waals surface area contributed by atoms with E-state index >= 15 is 0 Å². The van der Waals surface area contributed by atoms with Crippen LogP contribution in [0.2, 0.25) is 0 Å². The molecular formula is C17H16Br3N. The number of nitrogens with zero attached hydrogens (tertiary/aromatic N) is 1. The van der Waals surface area contributed by atoms with Crippen LogP contribution in [0.25, 0.3) is 0 Å². The number of halogens is 3. The summed E-state index contributed by atoms with van der Waals surface area (Å²) in [5, 5.41) is 9.39. The molecule has 0 saturated heterocycles. The van der Waals surface area contributed by atoms with E-state index < -0.39 is 0 Å². The summed E-state index contributed by atoms with van der Waals surface area (Å²) in [4.78, 5) is 0. The van der Waals surface area contributed by atoms with Crippen LogP contribution in [0, 0.1) is 25.2 Å². The smallest absolute Gasteiger partial charge is 0.0669 e. The fourth-order valence-corrected chi connectivity index (χ4v) is 3.33. The number of hydrogen-bond acceptors (Lipinski definition) is 1. The minimum atomic E-state index is 0.499. The van der Waals surface area contributed by atoms with E-state index in [1.165, 1.54) is 16.7 Å². The number of hydrogen-bond donors (Lipinski definition) is 0. The maximum absolute atomic E-state index is 8.45. The van der Waals surface area contributed by atoms with Gasteiger partial charge in [0.2, 0.25) is 0 Å². The zero-order valence-electron chi connectivity index (χ0n) is 12.0. The SMILES string of the molecule is Cc1cc(Br)ccc1CBr.Cc1cc(Br)ccc1CC#N. The molecule has 0 amide bonds. The van der Waals surface area contributed by atoms with Gasteiger partial charge in [-0.3, -0.25) is 0 Å². The summed E-state index contributed by atoms with van der Waals surface area (Å²) in [6.07, 6.45) is 0.499. The number of rotatable bonds is 2. The second kappa shape index (κ2) is 9.40. The highest BCUT2D eigenvalue weighted by atomic mass is 79.9. The molecule has 0 spiro atoms. The highest BCUT2D eigenvalue weighted by Gasteiger charge is 1.96. The first-order valence-corrected chi connectivity index (χ1v) is 9.11. The van der Waals surface area contributed by atoms with Crippen LogP contribution in [0.3, 0.4) is 0 Å². The molecule has 0 aromatic heterocycles. The number of benzene rings is 2. The molecule has 1 nitrogen and oxygen atoms in total. The number of nitriles is 1. The van der Waals surface area contributed by atoms with Crippen molar-refractivity contribution >= 4 is 47.8 Å². The van der Waals surface area contributed by atoms with E-state index in [1.54, 1.807) is 0 Å². The summed E-state index contributed by atoms with van der Waals surface area (Å²) < 4.78 is 2.21. The van der Waals surface area contributed by atoms with E-state index in [0.717, 1.165) is 19.8 Å². The van der Waals surface area contributed by atoms with Crippen molar-refractivity contribution in [3.63, 3.8) is 0 Å². The lowest BCUT2D eigenvalue weighted by molar-refractivity contribution is 1.21. The van der Waals surface area contributed by atoms with Crippen LogP contribution in [0.15, 0.2) is 45.3 Å². The molecule has 2 rings (SSSR count). The van der Waals surface area contributed by atoms with Crippen molar-refractivity contribution < 1.29 is 0 Å². The quantitative estimate of drug-likeness (QED) is 0.458. The average Bonchev–Trinajstić information content (AvgIpc) is 2.43. The van der Waals surface area contributed by atoms with Crippen LogP contribution < -0.4 is 0 Å². The number of alkyl halides is 1. The predicted octanol–water partition coefficient (Wildman–Crippen LogP) is 6.48. The maximum Gasteiger partial charge on any atom is 0.0669 e. The predicted molar refractivity (Wildman–Crippen MR) is 99.7 cm³/mol. The molecule has 0 fully saturated rings. The van der Waals surface area contributed by atoms with E-state index in [2.05, 4.69) is 79.0 Å². The van der Waals surface area contributed by atoms with Crippen LogP contribution in [0.4, 0.5) is 0 Å². The molecule has 0 radical (unpaired) electrons. The molecule has 21 heavy (non-hydrogen) atoms. The summed E-state index contributed by atoms with van der Waals surface area (Å²) in [6.45, 7) is 4.12. The Morgan fingerprint density at radius 3 is 1.76 bits per heavy atom. The molecule has 0 heterocycles. The first-order valence-electron chi connectivity index (χ1n) is 6.41. The zero-order valence-corrected chi connectivity index (χ0v) is 16.7. The third kappa shape index (κ3) is 6.34. The molecule has 0 aliphatic carbocycles. The van der Waals surface area contributed by atoms with Crippen LogP contribution in [-0.4, -0.2) is 0 Å². The van der Waals surface area contributed by atoms with Gasteiger partial charge in [0.15, 0.2) is 0 Å². The molecule has 2 aromatic carbocycles. The third-order valence-corrected chi connectivity index (χ3v) is 4.61. The number of aryl methyl sites for hydroxylation is 2. The van der Waals surface area contributed by atoms with Crippen molar-refractivity contribution in [3.8, 4) is 6.07 Å². The van der Waals surface area contributed by atoms with E-state index in [-0.39, 0.29) is 0 Å². The van der Waals surface area contributed by atoms with Gasteiger partial charge in [-0.15, -0.1) is 0 Å². The molecule has 0 aliphatic heterocycles. The normalized spacial score (nSPS) is 9.52. The van der Waals surface area contributed by atoms with Crippen LogP contribution in [-0.2, 0) is 11.8 Å². The Morgan fingerprint density at radius 1 is 0.905 bits per heavy atom. The second-order valence-electron chi connectivity index (χ2n) is 4.61. The molecule has 0 atom stereocenters. The van der Waals surface area contributed by atoms with Crippen LogP contribution in [0.1, 0.15) is 22.3 Å². The van der Waals surface area contributed by atoms with Crippen LogP contribution in [0.5, 0.6) is 0 Å².